The predicted octanol–water partition coefficient (Wildman–Crippen LogP) is 3.34. The summed E-state index contributed by atoms with van der Waals surface area (Å²) in [6.07, 6.45) is 2.82. The number of piperidine rings is 1. The quantitative estimate of drug-likeness (QED) is 0.484. The molecule has 3 aromatic rings. The van der Waals surface area contributed by atoms with Crippen LogP contribution in [0.1, 0.15) is 34.8 Å². The van der Waals surface area contributed by atoms with E-state index in [1.54, 1.807) is 53.6 Å². The molecule has 31 heavy (non-hydrogen) atoms. The van der Waals surface area contributed by atoms with E-state index in [4.69, 9.17) is 0 Å². The second kappa shape index (κ2) is 8.61. The van der Waals surface area contributed by atoms with Gasteiger partial charge in [-0.3, -0.25) is 19.3 Å². The average molecular weight is 421 g/mol. The minimum atomic E-state index is -1.04. The van der Waals surface area contributed by atoms with Crippen molar-refractivity contribution < 1.29 is 24.6 Å². The van der Waals surface area contributed by atoms with Crippen LogP contribution in [-0.4, -0.2) is 51.0 Å². The average Bonchev–Trinajstić information content (AvgIpc) is 3.17. The molecule has 1 amide bonds. The van der Waals surface area contributed by atoms with Crippen LogP contribution in [0, 0.1) is 5.92 Å². The highest BCUT2D eigenvalue weighted by Crippen LogP contribution is 2.33. The Morgan fingerprint density at radius 1 is 1.10 bits per heavy atom. The molecule has 0 aliphatic carbocycles. The van der Waals surface area contributed by atoms with Gasteiger partial charge in [-0.25, -0.2) is 0 Å². The molecule has 2 atom stereocenters. The molecule has 1 aliphatic rings. The molecule has 2 heterocycles. The van der Waals surface area contributed by atoms with E-state index >= 15 is 0 Å². The van der Waals surface area contributed by atoms with E-state index in [0.717, 1.165) is 5.52 Å². The van der Waals surface area contributed by atoms with Gasteiger partial charge in [0.25, 0.3) is 5.91 Å². The molecular weight excluding hydrogens is 398 g/mol. The van der Waals surface area contributed by atoms with Crippen LogP contribution in [-0.2, 0) is 9.59 Å². The van der Waals surface area contributed by atoms with E-state index in [2.05, 4.69) is 10.3 Å². The Bertz CT molecular complexity index is 1120. The summed E-state index contributed by atoms with van der Waals surface area (Å²) in [5.41, 5.74) is 2.36. The predicted molar refractivity (Wildman–Crippen MR) is 115 cm³/mol. The number of amides is 1. The highest BCUT2D eigenvalue weighted by Gasteiger charge is 2.35. The van der Waals surface area contributed by atoms with Gasteiger partial charge < -0.3 is 20.5 Å². The minimum absolute atomic E-state index is 0.184. The molecule has 8 nitrogen and oxygen atoms in total. The molecule has 0 radical (unpaired) electrons. The van der Waals surface area contributed by atoms with Gasteiger partial charge >= 0.3 is 11.9 Å². The number of nitrogens with one attached hydrogen (secondary N) is 2. The van der Waals surface area contributed by atoms with E-state index in [1.807, 2.05) is 6.07 Å². The first-order valence-electron chi connectivity index (χ1n) is 10.1. The number of fused-ring (bicyclic) bond motifs is 1. The fourth-order valence-electron chi connectivity index (χ4n) is 4.17. The zero-order valence-electron chi connectivity index (χ0n) is 16.7. The Kier molecular flexibility index (Phi) is 5.73. The third kappa shape index (κ3) is 4.29. The largest absolute Gasteiger partial charge is 0.481 e. The van der Waals surface area contributed by atoms with Gasteiger partial charge in [-0.1, -0.05) is 18.2 Å². The first-order chi connectivity index (χ1) is 14.9. The zero-order valence-corrected chi connectivity index (χ0v) is 16.7. The maximum Gasteiger partial charge on any atom is 0.325 e. The molecule has 8 heteroatoms. The van der Waals surface area contributed by atoms with Gasteiger partial charge in [0.2, 0.25) is 0 Å². The molecule has 1 saturated heterocycles. The number of benzene rings is 2. The van der Waals surface area contributed by atoms with Crippen LogP contribution >= 0.6 is 0 Å². The van der Waals surface area contributed by atoms with Gasteiger partial charge in [0, 0.05) is 40.5 Å². The van der Waals surface area contributed by atoms with Crippen molar-refractivity contribution in [1.29, 1.82) is 0 Å². The van der Waals surface area contributed by atoms with E-state index in [-0.39, 0.29) is 12.5 Å². The lowest BCUT2D eigenvalue weighted by Gasteiger charge is -2.34. The molecule has 4 rings (SSSR count). The number of hydrogen-bond donors (Lipinski definition) is 4. The summed E-state index contributed by atoms with van der Waals surface area (Å²) in [5.74, 6) is -2.78. The number of likely N-dealkylation sites (tertiary alicyclic amines) is 1. The normalized spacial score (nSPS) is 17.9. The molecule has 2 aromatic carbocycles. The highest BCUT2D eigenvalue weighted by molar-refractivity contribution is 6.05. The number of hydrogen-bond acceptors (Lipinski definition) is 4. The zero-order chi connectivity index (χ0) is 22.0. The van der Waals surface area contributed by atoms with E-state index < -0.39 is 23.9 Å². The van der Waals surface area contributed by atoms with Crippen molar-refractivity contribution in [2.24, 2.45) is 5.92 Å². The molecule has 2 unspecified atom stereocenters. The molecule has 4 N–H and O–H groups in total. The van der Waals surface area contributed by atoms with Crippen molar-refractivity contribution in [1.82, 2.24) is 9.88 Å². The monoisotopic (exact) mass is 421 g/mol. The second-order valence-electron chi connectivity index (χ2n) is 7.74. The van der Waals surface area contributed by atoms with Crippen LogP contribution in [0.4, 0.5) is 5.69 Å². The standard InChI is InChI=1S/C23H23N3O5/c27-21(14-5-2-1-3-6-14)25-16-8-9-19-17(11-16)18(12-24-19)20(23(30)31)26-10-4-7-15(13-26)22(28)29/h1-3,5-6,8-9,11-12,15,20,24H,4,7,10,13H2,(H,25,27)(H,28,29)(H,30,31). The van der Waals surface area contributed by atoms with Gasteiger partial charge in [-0.05, 0) is 49.7 Å². The van der Waals surface area contributed by atoms with Crippen molar-refractivity contribution >= 4 is 34.4 Å². The Balaban J connectivity index is 1.64. The first kappa shape index (κ1) is 20.6. The second-order valence-corrected chi connectivity index (χ2v) is 7.74. The molecule has 0 spiro atoms. The van der Waals surface area contributed by atoms with E-state index in [9.17, 15) is 24.6 Å². The molecule has 0 saturated carbocycles. The van der Waals surface area contributed by atoms with Crippen LogP contribution in [0.3, 0.4) is 0 Å². The molecule has 160 valence electrons. The van der Waals surface area contributed by atoms with Crippen LogP contribution in [0.15, 0.2) is 54.7 Å². The number of anilines is 1. The SMILES string of the molecule is O=C(Nc1ccc2[nH]cc(C(C(=O)O)N3CCCC(C(=O)O)C3)c2c1)c1ccccc1. The number of carbonyl (C=O) groups is 3. The molecule has 0 bridgehead atoms. The summed E-state index contributed by atoms with van der Waals surface area (Å²) in [4.78, 5) is 40.9. The molecule has 1 fully saturated rings. The summed E-state index contributed by atoms with van der Waals surface area (Å²) in [5, 5.41) is 22.9. The van der Waals surface area contributed by atoms with Gasteiger partial charge in [0.15, 0.2) is 0 Å². The number of H-pyrrole nitrogens is 1. The van der Waals surface area contributed by atoms with Crippen LogP contribution in [0.25, 0.3) is 10.9 Å². The molecule has 1 aromatic heterocycles. The summed E-state index contributed by atoms with van der Waals surface area (Å²) in [6, 6.07) is 13.1. The number of carboxylic acid groups (broad SMARTS) is 2. The summed E-state index contributed by atoms with van der Waals surface area (Å²) in [6.45, 7) is 0.696. The van der Waals surface area contributed by atoms with E-state index in [0.29, 0.717) is 41.6 Å². The van der Waals surface area contributed by atoms with Crippen LogP contribution < -0.4 is 5.32 Å². The summed E-state index contributed by atoms with van der Waals surface area (Å²) in [7, 11) is 0. The Morgan fingerprint density at radius 2 is 1.87 bits per heavy atom. The third-order valence-corrected chi connectivity index (χ3v) is 5.70. The van der Waals surface area contributed by atoms with Crippen LogP contribution in [0.2, 0.25) is 0 Å². The smallest absolute Gasteiger partial charge is 0.325 e. The maximum absolute atomic E-state index is 12.5. The van der Waals surface area contributed by atoms with Crippen molar-refractivity contribution in [2.45, 2.75) is 18.9 Å². The van der Waals surface area contributed by atoms with Crippen molar-refractivity contribution in [3.05, 3.63) is 65.9 Å². The Morgan fingerprint density at radius 3 is 2.58 bits per heavy atom. The van der Waals surface area contributed by atoms with Crippen LogP contribution in [0.5, 0.6) is 0 Å². The minimum Gasteiger partial charge on any atom is -0.481 e. The lowest BCUT2D eigenvalue weighted by molar-refractivity contribution is -0.149. The Hall–Kier alpha value is -3.65. The lowest BCUT2D eigenvalue weighted by Crippen LogP contribution is -2.43. The summed E-state index contributed by atoms with van der Waals surface area (Å²) < 4.78 is 0. The number of nitrogens with zero attached hydrogens (tertiary/aromatic N) is 1. The number of aromatic nitrogens is 1. The first-order valence-corrected chi connectivity index (χ1v) is 10.1. The van der Waals surface area contributed by atoms with Gasteiger partial charge in [-0.2, -0.15) is 0 Å². The van der Waals surface area contributed by atoms with Crippen molar-refractivity contribution in [3.63, 3.8) is 0 Å². The van der Waals surface area contributed by atoms with Crippen molar-refractivity contribution in [2.75, 3.05) is 18.4 Å². The number of aromatic amines is 1. The highest BCUT2D eigenvalue weighted by atomic mass is 16.4. The summed E-state index contributed by atoms with van der Waals surface area (Å²) >= 11 is 0. The third-order valence-electron chi connectivity index (χ3n) is 5.70. The van der Waals surface area contributed by atoms with Gasteiger partial charge in [-0.15, -0.1) is 0 Å². The lowest BCUT2D eigenvalue weighted by atomic mass is 9.94. The molecule has 1 aliphatic heterocycles. The fraction of sp³-hybridized carbons (Fsp3) is 0.261. The van der Waals surface area contributed by atoms with Gasteiger partial charge in [0.1, 0.15) is 6.04 Å². The number of aliphatic carboxylic acids is 2. The number of rotatable bonds is 6. The maximum atomic E-state index is 12.5. The topological polar surface area (TPSA) is 123 Å². The number of carboxylic acids is 2. The van der Waals surface area contributed by atoms with Crippen molar-refractivity contribution in [3.8, 4) is 0 Å². The Labute approximate surface area is 178 Å². The molecular formula is C23H23N3O5. The van der Waals surface area contributed by atoms with Gasteiger partial charge in [0.05, 0.1) is 5.92 Å². The fourth-order valence-corrected chi connectivity index (χ4v) is 4.17. The van der Waals surface area contributed by atoms with E-state index in [1.165, 1.54) is 0 Å². The number of carbonyl (C=O) groups excluding carboxylic acids is 1.